The number of hydrogen-bond acceptors (Lipinski definition) is 1. The molecular weight excluding hydrogens is 186 g/mol. The second kappa shape index (κ2) is 4.05. The van der Waals surface area contributed by atoms with Gasteiger partial charge in [-0.2, -0.15) is 0 Å². The molecule has 1 atom stereocenters. The monoisotopic (exact) mass is 203 g/mol. The van der Waals surface area contributed by atoms with Crippen LogP contribution in [0.25, 0.3) is 0 Å². The molecule has 80 valence electrons. The molecule has 1 aromatic rings. The molecule has 0 radical (unpaired) electrons. The van der Waals surface area contributed by atoms with Crippen molar-refractivity contribution in [3.63, 3.8) is 0 Å². The summed E-state index contributed by atoms with van der Waals surface area (Å²) >= 11 is 0. The average molecular weight is 203 g/mol. The molecule has 2 rings (SSSR count). The van der Waals surface area contributed by atoms with Gasteiger partial charge in [0.2, 0.25) is 5.91 Å². The second-order valence-electron chi connectivity index (χ2n) is 4.42. The highest BCUT2D eigenvalue weighted by Gasteiger charge is 2.30. The molecule has 0 saturated heterocycles. The highest BCUT2D eigenvalue weighted by Crippen LogP contribution is 2.29. The molecule has 1 aliphatic rings. The highest BCUT2D eigenvalue weighted by atomic mass is 16.2. The van der Waals surface area contributed by atoms with E-state index in [1.807, 2.05) is 13.0 Å². The van der Waals surface area contributed by atoms with Gasteiger partial charge in [0.1, 0.15) is 0 Å². The molecule has 1 amide bonds. The minimum Gasteiger partial charge on any atom is -0.349 e. The van der Waals surface area contributed by atoms with Crippen LogP contribution in [0, 0.1) is 12.8 Å². The lowest BCUT2D eigenvalue weighted by Crippen LogP contribution is -2.27. The Hall–Kier alpha value is -1.31. The zero-order valence-electron chi connectivity index (χ0n) is 9.29. The van der Waals surface area contributed by atoms with Crippen LogP contribution in [-0.2, 0) is 4.79 Å². The number of aryl methyl sites for hydroxylation is 1. The van der Waals surface area contributed by atoms with Gasteiger partial charge in [-0.15, -0.1) is 0 Å². The Bertz CT molecular complexity index is 369. The minimum atomic E-state index is 0.123. The van der Waals surface area contributed by atoms with Gasteiger partial charge in [0.15, 0.2) is 0 Å². The standard InChI is InChI=1S/C13H17NO/c1-9-4-3-5-12(8-9)10(2)14-13(15)11-6-7-11/h3-5,8,10-11H,6-7H2,1-2H3,(H,14,15)/t10-/m1/s1. The largest absolute Gasteiger partial charge is 0.349 e. The van der Waals surface area contributed by atoms with Crippen LogP contribution in [0.3, 0.4) is 0 Å². The highest BCUT2D eigenvalue weighted by molar-refractivity contribution is 5.81. The van der Waals surface area contributed by atoms with E-state index >= 15 is 0 Å². The van der Waals surface area contributed by atoms with Crippen LogP contribution in [-0.4, -0.2) is 5.91 Å². The number of rotatable bonds is 3. The molecular formula is C13H17NO. The predicted molar refractivity (Wildman–Crippen MR) is 60.5 cm³/mol. The van der Waals surface area contributed by atoms with Gasteiger partial charge in [0.25, 0.3) is 0 Å². The Kier molecular flexibility index (Phi) is 2.76. The third-order valence-electron chi connectivity index (χ3n) is 2.85. The third-order valence-corrected chi connectivity index (χ3v) is 2.85. The van der Waals surface area contributed by atoms with Crippen molar-refractivity contribution in [1.82, 2.24) is 5.32 Å². The van der Waals surface area contributed by atoms with Crippen molar-refractivity contribution in [2.75, 3.05) is 0 Å². The van der Waals surface area contributed by atoms with Crippen molar-refractivity contribution in [3.8, 4) is 0 Å². The van der Waals surface area contributed by atoms with Crippen LogP contribution in [0.4, 0.5) is 0 Å². The topological polar surface area (TPSA) is 29.1 Å². The summed E-state index contributed by atoms with van der Waals surface area (Å²) in [6, 6.07) is 8.41. The number of carbonyl (C=O) groups excluding carboxylic acids is 1. The second-order valence-corrected chi connectivity index (χ2v) is 4.42. The fraction of sp³-hybridized carbons (Fsp3) is 0.462. The zero-order valence-corrected chi connectivity index (χ0v) is 9.29. The van der Waals surface area contributed by atoms with Gasteiger partial charge in [-0.05, 0) is 32.3 Å². The Morgan fingerprint density at radius 1 is 1.47 bits per heavy atom. The van der Waals surface area contributed by atoms with Gasteiger partial charge in [0, 0.05) is 5.92 Å². The van der Waals surface area contributed by atoms with Crippen LogP contribution < -0.4 is 5.32 Å². The number of amides is 1. The van der Waals surface area contributed by atoms with Crippen LogP contribution >= 0.6 is 0 Å². The maximum Gasteiger partial charge on any atom is 0.223 e. The van der Waals surface area contributed by atoms with E-state index < -0.39 is 0 Å². The molecule has 0 unspecified atom stereocenters. The van der Waals surface area contributed by atoms with Gasteiger partial charge in [0.05, 0.1) is 6.04 Å². The summed E-state index contributed by atoms with van der Waals surface area (Å²) in [6.45, 7) is 4.11. The summed E-state index contributed by atoms with van der Waals surface area (Å²) in [7, 11) is 0. The van der Waals surface area contributed by atoms with Crippen LogP contribution in [0.2, 0.25) is 0 Å². The molecule has 0 aliphatic heterocycles. The molecule has 1 fully saturated rings. The van der Waals surface area contributed by atoms with E-state index in [0.29, 0.717) is 0 Å². The van der Waals surface area contributed by atoms with Crippen molar-refractivity contribution < 1.29 is 4.79 Å². The van der Waals surface area contributed by atoms with Gasteiger partial charge in [-0.25, -0.2) is 0 Å². The first-order chi connectivity index (χ1) is 7.16. The molecule has 0 bridgehead atoms. The molecule has 1 saturated carbocycles. The van der Waals surface area contributed by atoms with E-state index in [2.05, 4.69) is 30.4 Å². The van der Waals surface area contributed by atoms with Crippen molar-refractivity contribution >= 4 is 5.91 Å². The Morgan fingerprint density at radius 3 is 2.80 bits per heavy atom. The van der Waals surface area contributed by atoms with Crippen LogP contribution in [0.1, 0.15) is 36.9 Å². The molecule has 1 aromatic carbocycles. The van der Waals surface area contributed by atoms with Gasteiger partial charge in [-0.3, -0.25) is 4.79 Å². The molecule has 1 N–H and O–H groups in total. The Morgan fingerprint density at radius 2 is 2.20 bits per heavy atom. The SMILES string of the molecule is Cc1cccc([C@@H](C)NC(=O)C2CC2)c1. The first kappa shape index (κ1) is 10.2. The van der Waals surface area contributed by atoms with Crippen molar-refractivity contribution in [2.45, 2.75) is 32.7 Å². The van der Waals surface area contributed by atoms with E-state index in [9.17, 15) is 4.79 Å². The minimum absolute atomic E-state index is 0.123. The lowest BCUT2D eigenvalue weighted by Gasteiger charge is -2.14. The van der Waals surface area contributed by atoms with Gasteiger partial charge in [-0.1, -0.05) is 29.8 Å². The average Bonchev–Trinajstić information content (AvgIpc) is 3.00. The lowest BCUT2D eigenvalue weighted by molar-refractivity contribution is -0.122. The number of hydrogen-bond donors (Lipinski definition) is 1. The van der Waals surface area contributed by atoms with E-state index in [1.54, 1.807) is 0 Å². The summed E-state index contributed by atoms with van der Waals surface area (Å²) in [6.07, 6.45) is 2.12. The quantitative estimate of drug-likeness (QED) is 0.803. The van der Waals surface area contributed by atoms with Crippen molar-refractivity contribution in [1.29, 1.82) is 0 Å². The molecule has 1 aliphatic carbocycles. The zero-order chi connectivity index (χ0) is 10.8. The van der Waals surface area contributed by atoms with Crippen LogP contribution in [0.5, 0.6) is 0 Å². The van der Waals surface area contributed by atoms with Gasteiger partial charge >= 0.3 is 0 Å². The summed E-state index contributed by atoms with van der Waals surface area (Å²) < 4.78 is 0. The normalized spacial score (nSPS) is 17.2. The summed E-state index contributed by atoms with van der Waals surface area (Å²) in [4.78, 5) is 11.6. The molecule has 0 heterocycles. The van der Waals surface area contributed by atoms with Crippen molar-refractivity contribution in [2.24, 2.45) is 5.92 Å². The van der Waals surface area contributed by atoms with Crippen LogP contribution in [0.15, 0.2) is 24.3 Å². The smallest absolute Gasteiger partial charge is 0.223 e. The summed E-state index contributed by atoms with van der Waals surface area (Å²) in [5, 5.41) is 3.05. The molecule has 15 heavy (non-hydrogen) atoms. The fourth-order valence-electron chi connectivity index (χ4n) is 1.70. The first-order valence-electron chi connectivity index (χ1n) is 5.54. The molecule has 2 heteroatoms. The maximum atomic E-state index is 11.6. The predicted octanol–water partition coefficient (Wildman–Crippen LogP) is 2.58. The fourth-order valence-corrected chi connectivity index (χ4v) is 1.70. The maximum absolute atomic E-state index is 11.6. The number of carbonyl (C=O) groups is 1. The Labute approximate surface area is 90.7 Å². The van der Waals surface area contributed by atoms with E-state index in [4.69, 9.17) is 0 Å². The van der Waals surface area contributed by atoms with E-state index in [-0.39, 0.29) is 17.9 Å². The molecule has 2 nitrogen and oxygen atoms in total. The summed E-state index contributed by atoms with van der Waals surface area (Å²) in [5.74, 6) is 0.501. The number of nitrogens with one attached hydrogen (secondary N) is 1. The molecule has 0 spiro atoms. The third kappa shape index (κ3) is 2.58. The van der Waals surface area contributed by atoms with E-state index in [1.165, 1.54) is 11.1 Å². The van der Waals surface area contributed by atoms with Gasteiger partial charge < -0.3 is 5.32 Å². The lowest BCUT2D eigenvalue weighted by atomic mass is 10.1. The van der Waals surface area contributed by atoms with E-state index in [0.717, 1.165) is 12.8 Å². The Balaban J connectivity index is 2.00. The molecule has 0 aromatic heterocycles. The number of benzene rings is 1. The summed E-state index contributed by atoms with van der Waals surface area (Å²) in [5.41, 5.74) is 2.42. The van der Waals surface area contributed by atoms with Crippen molar-refractivity contribution in [3.05, 3.63) is 35.4 Å². The first-order valence-corrected chi connectivity index (χ1v) is 5.54.